The maximum Gasteiger partial charge on any atom is 0.193 e. The van der Waals surface area contributed by atoms with Crippen LogP contribution in [0.2, 0.25) is 5.02 Å². The van der Waals surface area contributed by atoms with Crippen LogP contribution in [0.3, 0.4) is 0 Å². The van der Waals surface area contributed by atoms with E-state index in [0.717, 1.165) is 43.0 Å². The molecule has 3 nitrogen and oxygen atoms in total. The molecule has 0 radical (unpaired) electrons. The first kappa shape index (κ1) is 15.2. The van der Waals surface area contributed by atoms with Crippen LogP contribution in [0.4, 0.5) is 0 Å². The summed E-state index contributed by atoms with van der Waals surface area (Å²) < 4.78 is 0. The number of piperidine rings is 1. The second-order valence-corrected chi connectivity index (χ2v) is 5.89. The summed E-state index contributed by atoms with van der Waals surface area (Å²) in [4.78, 5) is 6.74. The molecule has 0 saturated carbocycles. The van der Waals surface area contributed by atoms with E-state index in [-0.39, 0.29) is 0 Å². The van der Waals surface area contributed by atoms with Gasteiger partial charge in [-0.1, -0.05) is 36.7 Å². The van der Waals surface area contributed by atoms with E-state index in [1.165, 1.54) is 18.4 Å². The molecule has 0 amide bonds. The summed E-state index contributed by atoms with van der Waals surface area (Å²) in [6, 6.07) is 8.02. The summed E-state index contributed by atoms with van der Waals surface area (Å²) in [6.45, 7) is 5.40. The van der Waals surface area contributed by atoms with E-state index in [9.17, 15) is 0 Å². The summed E-state index contributed by atoms with van der Waals surface area (Å²) in [7, 11) is 1.86. The van der Waals surface area contributed by atoms with Gasteiger partial charge >= 0.3 is 0 Å². The molecule has 0 aliphatic carbocycles. The van der Waals surface area contributed by atoms with Crippen molar-refractivity contribution in [2.24, 2.45) is 10.9 Å². The Bertz CT molecular complexity index is 451. The molecule has 1 fully saturated rings. The summed E-state index contributed by atoms with van der Waals surface area (Å²) in [5.41, 5.74) is 1.18. The van der Waals surface area contributed by atoms with Crippen LogP contribution in [0, 0.1) is 5.92 Å². The van der Waals surface area contributed by atoms with Gasteiger partial charge in [0.25, 0.3) is 0 Å². The lowest BCUT2D eigenvalue weighted by molar-refractivity contribution is 0.273. The van der Waals surface area contributed by atoms with Gasteiger partial charge in [-0.25, -0.2) is 0 Å². The number of likely N-dealkylation sites (tertiary alicyclic amines) is 1. The number of benzene rings is 1. The molecule has 1 heterocycles. The van der Waals surface area contributed by atoms with Crippen LogP contribution >= 0.6 is 11.6 Å². The SMILES string of the molecule is CN=C(NCCc1ccccc1Cl)N1CCC(C)CC1. The van der Waals surface area contributed by atoms with Gasteiger partial charge in [0.15, 0.2) is 5.96 Å². The number of aliphatic imine (C=N–C) groups is 1. The lowest BCUT2D eigenvalue weighted by Gasteiger charge is -2.32. The highest BCUT2D eigenvalue weighted by Gasteiger charge is 2.18. The zero-order valence-corrected chi connectivity index (χ0v) is 13.2. The minimum atomic E-state index is 0.840. The van der Waals surface area contributed by atoms with E-state index >= 15 is 0 Å². The Morgan fingerprint density at radius 1 is 1.35 bits per heavy atom. The third-order valence-corrected chi connectivity index (χ3v) is 4.30. The number of halogens is 1. The number of guanidine groups is 1. The maximum absolute atomic E-state index is 6.17. The molecule has 110 valence electrons. The second kappa shape index (κ2) is 7.53. The Morgan fingerprint density at radius 2 is 2.05 bits per heavy atom. The molecule has 2 rings (SSSR count). The summed E-state index contributed by atoms with van der Waals surface area (Å²) in [5, 5.41) is 4.29. The van der Waals surface area contributed by atoms with Crippen molar-refractivity contribution in [3.63, 3.8) is 0 Å². The van der Waals surface area contributed by atoms with Gasteiger partial charge in [0, 0.05) is 31.7 Å². The monoisotopic (exact) mass is 293 g/mol. The van der Waals surface area contributed by atoms with Crippen molar-refractivity contribution in [2.75, 3.05) is 26.7 Å². The third kappa shape index (κ3) is 4.14. The van der Waals surface area contributed by atoms with Crippen LogP contribution in [0.25, 0.3) is 0 Å². The zero-order valence-electron chi connectivity index (χ0n) is 12.4. The van der Waals surface area contributed by atoms with Crippen molar-refractivity contribution in [3.05, 3.63) is 34.9 Å². The van der Waals surface area contributed by atoms with E-state index in [2.05, 4.69) is 28.2 Å². The number of hydrogen-bond donors (Lipinski definition) is 1. The largest absolute Gasteiger partial charge is 0.356 e. The molecule has 0 aromatic heterocycles. The van der Waals surface area contributed by atoms with Crippen molar-refractivity contribution in [1.82, 2.24) is 10.2 Å². The van der Waals surface area contributed by atoms with E-state index in [0.29, 0.717) is 0 Å². The fraction of sp³-hybridized carbons (Fsp3) is 0.562. The van der Waals surface area contributed by atoms with Crippen molar-refractivity contribution < 1.29 is 0 Å². The minimum absolute atomic E-state index is 0.840. The molecule has 1 aromatic carbocycles. The molecule has 1 aliphatic heterocycles. The molecule has 1 N–H and O–H groups in total. The van der Waals surface area contributed by atoms with Crippen molar-refractivity contribution in [3.8, 4) is 0 Å². The first-order valence-electron chi connectivity index (χ1n) is 7.39. The summed E-state index contributed by atoms with van der Waals surface area (Å²) in [6.07, 6.45) is 3.43. The highest BCUT2D eigenvalue weighted by Crippen LogP contribution is 2.16. The molecule has 0 bridgehead atoms. The van der Waals surface area contributed by atoms with Gasteiger partial charge in [-0.15, -0.1) is 0 Å². The molecule has 1 saturated heterocycles. The molecular formula is C16H24ClN3. The van der Waals surface area contributed by atoms with Gasteiger partial charge < -0.3 is 10.2 Å². The number of nitrogens with one attached hydrogen (secondary N) is 1. The molecular weight excluding hydrogens is 270 g/mol. The second-order valence-electron chi connectivity index (χ2n) is 5.48. The first-order chi connectivity index (χ1) is 9.70. The van der Waals surface area contributed by atoms with Crippen molar-refractivity contribution >= 4 is 17.6 Å². The Labute approximate surface area is 127 Å². The molecule has 4 heteroatoms. The van der Waals surface area contributed by atoms with Crippen LogP contribution in [0.5, 0.6) is 0 Å². The average Bonchev–Trinajstić information content (AvgIpc) is 2.47. The van der Waals surface area contributed by atoms with Crippen LogP contribution < -0.4 is 5.32 Å². The highest BCUT2D eigenvalue weighted by atomic mass is 35.5. The zero-order chi connectivity index (χ0) is 14.4. The number of rotatable bonds is 3. The molecule has 20 heavy (non-hydrogen) atoms. The van der Waals surface area contributed by atoms with E-state index < -0.39 is 0 Å². The highest BCUT2D eigenvalue weighted by molar-refractivity contribution is 6.31. The van der Waals surface area contributed by atoms with Gasteiger partial charge in [0.05, 0.1) is 0 Å². The predicted octanol–water partition coefficient (Wildman–Crippen LogP) is 3.19. The predicted molar refractivity (Wildman–Crippen MR) is 86.5 cm³/mol. The molecule has 1 aromatic rings. The van der Waals surface area contributed by atoms with E-state index in [4.69, 9.17) is 11.6 Å². The Kier molecular flexibility index (Phi) is 5.72. The summed E-state index contributed by atoms with van der Waals surface area (Å²) >= 11 is 6.17. The smallest absolute Gasteiger partial charge is 0.193 e. The molecule has 0 atom stereocenters. The van der Waals surface area contributed by atoms with Crippen LogP contribution in [0.15, 0.2) is 29.3 Å². The van der Waals surface area contributed by atoms with Gasteiger partial charge in [0.2, 0.25) is 0 Å². The fourth-order valence-corrected chi connectivity index (χ4v) is 2.79. The molecule has 0 unspecified atom stereocenters. The Hall–Kier alpha value is -1.22. The molecule has 0 spiro atoms. The maximum atomic E-state index is 6.17. The Balaban J connectivity index is 1.81. The quantitative estimate of drug-likeness (QED) is 0.685. The number of hydrogen-bond acceptors (Lipinski definition) is 1. The van der Waals surface area contributed by atoms with Crippen molar-refractivity contribution in [1.29, 1.82) is 0 Å². The number of nitrogens with zero attached hydrogens (tertiary/aromatic N) is 2. The van der Waals surface area contributed by atoms with Gasteiger partial charge in [-0.3, -0.25) is 4.99 Å². The fourth-order valence-electron chi connectivity index (χ4n) is 2.56. The van der Waals surface area contributed by atoms with Crippen LogP contribution in [0.1, 0.15) is 25.3 Å². The van der Waals surface area contributed by atoms with Gasteiger partial charge in [-0.2, -0.15) is 0 Å². The topological polar surface area (TPSA) is 27.6 Å². The minimum Gasteiger partial charge on any atom is -0.356 e. The lowest BCUT2D eigenvalue weighted by atomic mass is 10.00. The normalized spacial score (nSPS) is 17.4. The van der Waals surface area contributed by atoms with E-state index in [1.54, 1.807) is 0 Å². The summed E-state index contributed by atoms with van der Waals surface area (Å²) in [5.74, 6) is 1.86. The van der Waals surface area contributed by atoms with Crippen LogP contribution in [-0.4, -0.2) is 37.5 Å². The standard InChI is InChI=1S/C16H24ClN3/c1-13-8-11-20(12-9-13)16(18-2)19-10-7-14-5-3-4-6-15(14)17/h3-6,13H,7-12H2,1-2H3,(H,18,19). The van der Waals surface area contributed by atoms with Gasteiger partial charge in [-0.05, 0) is 36.8 Å². The third-order valence-electron chi connectivity index (χ3n) is 3.93. The van der Waals surface area contributed by atoms with Crippen molar-refractivity contribution in [2.45, 2.75) is 26.2 Å². The lowest BCUT2D eigenvalue weighted by Crippen LogP contribution is -2.45. The van der Waals surface area contributed by atoms with E-state index in [1.807, 2.05) is 25.2 Å². The molecule has 1 aliphatic rings. The Morgan fingerprint density at radius 3 is 2.70 bits per heavy atom. The van der Waals surface area contributed by atoms with Gasteiger partial charge in [0.1, 0.15) is 0 Å². The average molecular weight is 294 g/mol. The van der Waals surface area contributed by atoms with Crippen LogP contribution in [-0.2, 0) is 6.42 Å². The first-order valence-corrected chi connectivity index (χ1v) is 7.77.